The zero-order valence-corrected chi connectivity index (χ0v) is 15.1. The highest BCUT2D eigenvalue weighted by atomic mass is 16.5. The van der Waals surface area contributed by atoms with Crippen LogP contribution in [0, 0.1) is 13.8 Å². The molecule has 0 saturated heterocycles. The van der Waals surface area contributed by atoms with Gasteiger partial charge in [0.15, 0.2) is 17.3 Å². The van der Waals surface area contributed by atoms with E-state index in [2.05, 4.69) is 10.1 Å². The Hall–Kier alpha value is -3.35. The Morgan fingerprint density at radius 3 is 2.38 bits per heavy atom. The van der Waals surface area contributed by atoms with Gasteiger partial charge in [0.1, 0.15) is 0 Å². The van der Waals surface area contributed by atoms with E-state index in [1.54, 1.807) is 18.2 Å². The van der Waals surface area contributed by atoms with Crippen LogP contribution in [0.25, 0.3) is 11.4 Å². The SMILES string of the molecule is COc1ccc(C(=O)n2nc(-c3ccc(C)c(C)c3)nc2N)cc1OC. The quantitative estimate of drug-likeness (QED) is 0.776. The molecule has 134 valence electrons. The Balaban J connectivity index is 1.98. The maximum Gasteiger partial charge on any atom is 0.281 e. The lowest BCUT2D eigenvalue weighted by Crippen LogP contribution is -2.16. The summed E-state index contributed by atoms with van der Waals surface area (Å²) in [5.41, 5.74) is 9.38. The summed E-state index contributed by atoms with van der Waals surface area (Å²) in [4.78, 5) is 17.0. The van der Waals surface area contributed by atoms with Crippen LogP contribution in [0.4, 0.5) is 5.95 Å². The number of nitrogens with zero attached hydrogens (tertiary/aromatic N) is 3. The number of rotatable bonds is 4. The van der Waals surface area contributed by atoms with Crippen LogP contribution in [0.3, 0.4) is 0 Å². The zero-order chi connectivity index (χ0) is 18.8. The third-order valence-electron chi connectivity index (χ3n) is 4.22. The molecule has 2 aromatic carbocycles. The van der Waals surface area contributed by atoms with Gasteiger partial charge in [-0.3, -0.25) is 4.79 Å². The Labute approximate surface area is 151 Å². The first-order chi connectivity index (χ1) is 12.4. The molecule has 7 nitrogen and oxygen atoms in total. The third-order valence-corrected chi connectivity index (χ3v) is 4.22. The number of benzene rings is 2. The highest BCUT2D eigenvalue weighted by Gasteiger charge is 2.18. The number of hydrogen-bond acceptors (Lipinski definition) is 6. The van der Waals surface area contributed by atoms with E-state index >= 15 is 0 Å². The number of nitrogen functional groups attached to an aromatic ring is 1. The van der Waals surface area contributed by atoms with Gasteiger partial charge >= 0.3 is 0 Å². The predicted molar refractivity (Wildman–Crippen MR) is 98.6 cm³/mol. The van der Waals surface area contributed by atoms with Gasteiger partial charge in [0, 0.05) is 11.1 Å². The Morgan fingerprint density at radius 2 is 1.73 bits per heavy atom. The molecule has 1 aromatic heterocycles. The molecule has 0 amide bonds. The van der Waals surface area contributed by atoms with Crippen LogP contribution in [-0.4, -0.2) is 34.9 Å². The van der Waals surface area contributed by atoms with Gasteiger partial charge in [0.25, 0.3) is 5.91 Å². The molecule has 0 aliphatic carbocycles. The van der Waals surface area contributed by atoms with Crippen LogP contribution in [0.1, 0.15) is 21.5 Å². The van der Waals surface area contributed by atoms with Crippen LogP contribution in [-0.2, 0) is 0 Å². The normalized spacial score (nSPS) is 10.6. The van der Waals surface area contributed by atoms with Crippen molar-refractivity contribution < 1.29 is 14.3 Å². The summed E-state index contributed by atoms with van der Waals surface area (Å²) in [6.07, 6.45) is 0. The molecule has 1 heterocycles. The maximum absolute atomic E-state index is 12.8. The maximum atomic E-state index is 12.8. The third kappa shape index (κ3) is 3.11. The Bertz CT molecular complexity index is 979. The first-order valence-electron chi connectivity index (χ1n) is 8.01. The van der Waals surface area contributed by atoms with Crippen molar-refractivity contribution in [1.82, 2.24) is 14.8 Å². The van der Waals surface area contributed by atoms with Gasteiger partial charge in [0.05, 0.1) is 14.2 Å². The topological polar surface area (TPSA) is 92.3 Å². The zero-order valence-electron chi connectivity index (χ0n) is 15.1. The van der Waals surface area contributed by atoms with Crippen LogP contribution in [0.2, 0.25) is 0 Å². The van der Waals surface area contributed by atoms with Crippen molar-refractivity contribution in [2.45, 2.75) is 13.8 Å². The Morgan fingerprint density at radius 1 is 1.00 bits per heavy atom. The fraction of sp³-hybridized carbons (Fsp3) is 0.211. The van der Waals surface area contributed by atoms with Crippen molar-refractivity contribution in [3.05, 3.63) is 53.1 Å². The lowest BCUT2D eigenvalue weighted by atomic mass is 10.1. The average molecular weight is 352 g/mol. The number of aryl methyl sites for hydroxylation is 2. The van der Waals surface area contributed by atoms with E-state index in [1.165, 1.54) is 19.8 Å². The molecule has 0 radical (unpaired) electrons. The molecule has 0 bridgehead atoms. The van der Waals surface area contributed by atoms with Crippen molar-refractivity contribution >= 4 is 11.9 Å². The molecule has 0 saturated carbocycles. The second-order valence-electron chi connectivity index (χ2n) is 5.88. The highest BCUT2D eigenvalue weighted by molar-refractivity contribution is 5.97. The van der Waals surface area contributed by atoms with Gasteiger partial charge in [-0.15, -0.1) is 5.10 Å². The molecule has 0 fully saturated rings. The van der Waals surface area contributed by atoms with E-state index in [0.29, 0.717) is 22.9 Å². The smallest absolute Gasteiger partial charge is 0.281 e. The standard InChI is InChI=1S/C19H20N4O3/c1-11-5-6-13(9-12(11)2)17-21-19(20)23(22-17)18(24)14-7-8-15(25-3)16(10-14)26-4/h5-10H,1-4H3,(H2,20,21,22). The fourth-order valence-electron chi connectivity index (χ4n) is 2.57. The number of aromatic nitrogens is 3. The molecule has 26 heavy (non-hydrogen) atoms. The number of methoxy groups -OCH3 is 2. The molecule has 3 aromatic rings. The first-order valence-corrected chi connectivity index (χ1v) is 8.01. The van der Waals surface area contributed by atoms with Crippen LogP contribution >= 0.6 is 0 Å². The predicted octanol–water partition coefficient (Wildman–Crippen LogP) is 2.85. The molecule has 3 rings (SSSR count). The van der Waals surface area contributed by atoms with Crippen LogP contribution in [0.5, 0.6) is 11.5 Å². The van der Waals surface area contributed by atoms with E-state index < -0.39 is 5.91 Å². The van der Waals surface area contributed by atoms with Gasteiger partial charge in [-0.2, -0.15) is 9.67 Å². The molecule has 0 aliphatic heterocycles. The summed E-state index contributed by atoms with van der Waals surface area (Å²) < 4.78 is 11.5. The summed E-state index contributed by atoms with van der Waals surface area (Å²) in [5.74, 6) is 1.02. The summed E-state index contributed by atoms with van der Waals surface area (Å²) >= 11 is 0. The molecule has 0 spiro atoms. The molecule has 0 aliphatic rings. The second kappa shape index (κ2) is 6.87. The van der Waals surface area contributed by atoms with Crippen molar-refractivity contribution in [2.75, 3.05) is 20.0 Å². The van der Waals surface area contributed by atoms with Gasteiger partial charge in [-0.25, -0.2) is 0 Å². The summed E-state index contributed by atoms with van der Waals surface area (Å²) in [7, 11) is 3.04. The second-order valence-corrected chi connectivity index (χ2v) is 5.88. The minimum absolute atomic E-state index is 0.0259. The fourth-order valence-corrected chi connectivity index (χ4v) is 2.57. The molecular weight excluding hydrogens is 332 g/mol. The molecule has 0 unspecified atom stereocenters. The van der Waals surface area contributed by atoms with E-state index in [1.807, 2.05) is 32.0 Å². The molecule has 0 atom stereocenters. The van der Waals surface area contributed by atoms with Gasteiger partial charge < -0.3 is 15.2 Å². The number of carbonyl (C=O) groups excluding carboxylic acids is 1. The number of nitrogens with two attached hydrogens (primary N) is 1. The van der Waals surface area contributed by atoms with Crippen molar-refractivity contribution in [3.63, 3.8) is 0 Å². The van der Waals surface area contributed by atoms with Crippen molar-refractivity contribution in [1.29, 1.82) is 0 Å². The van der Waals surface area contributed by atoms with Crippen molar-refractivity contribution in [3.8, 4) is 22.9 Å². The molecule has 2 N–H and O–H groups in total. The largest absolute Gasteiger partial charge is 0.493 e. The average Bonchev–Trinajstić information content (AvgIpc) is 3.04. The lowest BCUT2D eigenvalue weighted by molar-refractivity contribution is 0.0947. The van der Waals surface area contributed by atoms with Gasteiger partial charge in [-0.05, 0) is 49.2 Å². The summed E-state index contributed by atoms with van der Waals surface area (Å²) in [5, 5.41) is 4.28. The number of anilines is 1. The van der Waals surface area contributed by atoms with E-state index in [-0.39, 0.29) is 5.95 Å². The van der Waals surface area contributed by atoms with E-state index in [0.717, 1.165) is 15.8 Å². The minimum Gasteiger partial charge on any atom is -0.493 e. The number of hydrogen-bond donors (Lipinski definition) is 1. The molecular formula is C19H20N4O3. The minimum atomic E-state index is -0.397. The first kappa shape index (κ1) is 17.5. The van der Waals surface area contributed by atoms with Gasteiger partial charge in [-0.1, -0.05) is 12.1 Å². The molecule has 7 heteroatoms. The summed E-state index contributed by atoms with van der Waals surface area (Å²) in [6, 6.07) is 10.7. The van der Waals surface area contributed by atoms with E-state index in [4.69, 9.17) is 15.2 Å². The van der Waals surface area contributed by atoms with E-state index in [9.17, 15) is 4.79 Å². The number of ether oxygens (including phenoxy) is 2. The highest BCUT2D eigenvalue weighted by Crippen LogP contribution is 2.28. The Kier molecular flexibility index (Phi) is 4.62. The van der Waals surface area contributed by atoms with Crippen LogP contribution in [0.15, 0.2) is 36.4 Å². The monoisotopic (exact) mass is 352 g/mol. The van der Waals surface area contributed by atoms with Crippen molar-refractivity contribution in [2.24, 2.45) is 0 Å². The van der Waals surface area contributed by atoms with Gasteiger partial charge in [0.2, 0.25) is 5.95 Å². The summed E-state index contributed by atoms with van der Waals surface area (Å²) in [6.45, 7) is 4.04. The van der Waals surface area contributed by atoms with Crippen LogP contribution < -0.4 is 15.2 Å². The lowest BCUT2D eigenvalue weighted by Gasteiger charge is -2.09. The number of carbonyl (C=O) groups is 1.